The Kier molecular flexibility index (Phi) is 6.35. The fraction of sp³-hybridized carbons (Fsp3) is 0.200. The molecule has 32 heavy (non-hydrogen) atoms. The van der Waals surface area contributed by atoms with Crippen molar-refractivity contribution in [3.63, 3.8) is 0 Å². The topological polar surface area (TPSA) is 66.8 Å². The van der Waals surface area contributed by atoms with Crippen LogP contribution in [0.3, 0.4) is 0 Å². The van der Waals surface area contributed by atoms with Crippen molar-refractivity contribution in [2.75, 3.05) is 6.61 Å². The van der Waals surface area contributed by atoms with Crippen LogP contribution in [0.2, 0.25) is 5.02 Å². The summed E-state index contributed by atoms with van der Waals surface area (Å²) in [5, 5.41) is 13.6. The number of hydrogen-bond donors (Lipinski definition) is 1. The molecule has 0 bridgehead atoms. The summed E-state index contributed by atoms with van der Waals surface area (Å²) < 4.78 is 5.53. The van der Waals surface area contributed by atoms with Gasteiger partial charge in [-0.2, -0.15) is 0 Å². The van der Waals surface area contributed by atoms with Crippen molar-refractivity contribution in [2.24, 2.45) is 0 Å². The largest absolute Gasteiger partial charge is 0.507 e. The van der Waals surface area contributed by atoms with Crippen LogP contribution in [-0.4, -0.2) is 28.3 Å². The van der Waals surface area contributed by atoms with Gasteiger partial charge < -0.3 is 14.7 Å². The first kappa shape index (κ1) is 22.1. The minimum absolute atomic E-state index is 0.0608. The lowest BCUT2D eigenvalue weighted by molar-refractivity contribution is -0.140. The second-order valence-corrected chi connectivity index (χ2v) is 8.88. The highest BCUT2D eigenvalue weighted by Gasteiger charge is 2.46. The molecule has 2 aromatic carbocycles. The minimum atomic E-state index is -0.708. The smallest absolute Gasteiger partial charge is 0.295 e. The summed E-state index contributed by atoms with van der Waals surface area (Å²) >= 11 is 7.70. The predicted octanol–water partition coefficient (Wildman–Crippen LogP) is 5.73. The van der Waals surface area contributed by atoms with Gasteiger partial charge in [-0.3, -0.25) is 9.59 Å². The van der Waals surface area contributed by atoms with Gasteiger partial charge in [0, 0.05) is 10.4 Å². The van der Waals surface area contributed by atoms with Crippen LogP contribution in [-0.2, 0) is 16.1 Å². The van der Waals surface area contributed by atoms with E-state index in [0.717, 1.165) is 16.0 Å². The average Bonchev–Trinajstić information content (AvgIpc) is 3.38. The highest BCUT2D eigenvalue weighted by molar-refractivity contribution is 7.09. The lowest BCUT2D eigenvalue weighted by atomic mass is 9.92. The normalized spacial score (nSPS) is 17.7. The Morgan fingerprint density at radius 3 is 2.62 bits per heavy atom. The maximum atomic E-state index is 13.2. The standard InChI is InChI=1S/C25H22ClNO4S/c1-3-31-20-13-16(10-11-19(20)26)23(28)21-22(18-9-5-4-7-15(18)2)27(25(30)24(21)29)14-17-8-6-12-32-17/h4-13,22,28H,3,14H2,1-2H3/b23-21+. The third-order valence-corrected chi connectivity index (χ3v) is 6.61. The number of nitrogens with zero attached hydrogens (tertiary/aromatic N) is 1. The third-order valence-electron chi connectivity index (χ3n) is 5.43. The molecule has 164 valence electrons. The molecule has 1 aliphatic rings. The molecule has 5 nitrogen and oxygen atoms in total. The summed E-state index contributed by atoms with van der Waals surface area (Å²) in [5.74, 6) is -1.19. The molecule has 2 heterocycles. The van der Waals surface area contributed by atoms with Crippen molar-refractivity contribution < 1.29 is 19.4 Å². The lowest BCUT2D eigenvalue weighted by Gasteiger charge is -2.26. The number of benzene rings is 2. The number of ether oxygens (including phenoxy) is 1. The molecule has 1 saturated heterocycles. The van der Waals surface area contributed by atoms with E-state index in [1.807, 2.05) is 55.6 Å². The van der Waals surface area contributed by atoms with Crippen molar-refractivity contribution in [2.45, 2.75) is 26.4 Å². The number of thiophene rings is 1. The predicted molar refractivity (Wildman–Crippen MR) is 126 cm³/mol. The van der Waals surface area contributed by atoms with Gasteiger partial charge >= 0.3 is 0 Å². The molecule has 1 unspecified atom stereocenters. The monoisotopic (exact) mass is 467 g/mol. The number of Topliss-reactive ketones (excluding diaryl/α,β-unsaturated/α-hetero) is 1. The number of aliphatic hydroxyl groups is 1. The zero-order valence-electron chi connectivity index (χ0n) is 17.7. The van der Waals surface area contributed by atoms with Gasteiger partial charge in [0.05, 0.1) is 29.8 Å². The molecule has 1 aromatic heterocycles. The van der Waals surface area contributed by atoms with Crippen LogP contribution < -0.4 is 4.74 Å². The van der Waals surface area contributed by atoms with Crippen LogP contribution in [0.15, 0.2) is 65.6 Å². The van der Waals surface area contributed by atoms with Crippen molar-refractivity contribution in [3.8, 4) is 5.75 Å². The number of likely N-dealkylation sites (tertiary alicyclic amines) is 1. The van der Waals surface area contributed by atoms with E-state index < -0.39 is 17.7 Å². The van der Waals surface area contributed by atoms with E-state index in [9.17, 15) is 14.7 Å². The average molecular weight is 468 g/mol. The molecule has 0 saturated carbocycles. The number of aliphatic hydroxyl groups excluding tert-OH is 1. The van der Waals surface area contributed by atoms with E-state index in [1.54, 1.807) is 18.2 Å². The van der Waals surface area contributed by atoms with Crippen LogP contribution in [0, 0.1) is 6.92 Å². The molecule has 7 heteroatoms. The third kappa shape index (κ3) is 4.04. The Hall–Kier alpha value is -3.09. The zero-order chi connectivity index (χ0) is 22.8. The number of aryl methyl sites for hydroxylation is 1. The Bertz CT molecular complexity index is 1200. The minimum Gasteiger partial charge on any atom is -0.507 e. The van der Waals surface area contributed by atoms with Crippen LogP contribution >= 0.6 is 22.9 Å². The first-order valence-electron chi connectivity index (χ1n) is 10.2. The van der Waals surface area contributed by atoms with Gasteiger partial charge in [-0.1, -0.05) is 41.9 Å². The fourth-order valence-electron chi connectivity index (χ4n) is 3.90. The molecular formula is C25H22ClNO4S. The van der Waals surface area contributed by atoms with Gasteiger partial charge in [0.15, 0.2) is 0 Å². The molecule has 0 spiro atoms. The number of ketones is 1. The highest BCUT2D eigenvalue weighted by atomic mass is 35.5. The summed E-state index contributed by atoms with van der Waals surface area (Å²) in [6.45, 7) is 4.44. The first-order chi connectivity index (χ1) is 15.4. The van der Waals surface area contributed by atoms with E-state index in [4.69, 9.17) is 16.3 Å². The van der Waals surface area contributed by atoms with E-state index >= 15 is 0 Å². The maximum absolute atomic E-state index is 13.2. The molecular weight excluding hydrogens is 446 g/mol. The number of rotatable bonds is 6. The zero-order valence-corrected chi connectivity index (χ0v) is 19.2. The molecule has 1 N–H and O–H groups in total. The quantitative estimate of drug-likeness (QED) is 0.285. The molecule has 4 rings (SSSR count). The molecule has 0 radical (unpaired) electrons. The van der Waals surface area contributed by atoms with Gasteiger partial charge in [-0.05, 0) is 54.6 Å². The number of amides is 1. The van der Waals surface area contributed by atoms with Crippen molar-refractivity contribution in [1.29, 1.82) is 0 Å². The van der Waals surface area contributed by atoms with Gasteiger partial charge in [-0.15, -0.1) is 11.3 Å². The van der Waals surface area contributed by atoms with Crippen molar-refractivity contribution >= 4 is 40.4 Å². The van der Waals surface area contributed by atoms with E-state index in [-0.39, 0.29) is 17.9 Å². The summed E-state index contributed by atoms with van der Waals surface area (Å²) in [6, 6.07) is 15.5. The molecule has 1 amide bonds. The van der Waals surface area contributed by atoms with E-state index in [1.165, 1.54) is 16.2 Å². The van der Waals surface area contributed by atoms with Gasteiger partial charge in [0.25, 0.3) is 11.7 Å². The number of halogens is 1. The van der Waals surface area contributed by atoms with Crippen molar-refractivity contribution in [1.82, 2.24) is 4.90 Å². The van der Waals surface area contributed by atoms with Crippen LogP contribution in [0.5, 0.6) is 5.75 Å². The van der Waals surface area contributed by atoms with Crippen LogP contribution in [0.25, 0.3) is 5.76 Å². The van der Waals surface area contributed by atoms with E-state index in [0.29, 0.717) is 22.9 Å². The van der Waals surface area contributed by atoms with Gasteiger partial charge in [0.1, 0.15) is 11.5 Å². The number of hydrogen-bond acceptors (Lipinski definition) is 5. The second-order valence-electron chi connectivity index (χ2n) is 7.44. The summed E-state index contributed by atoms with van der Waals surface area (Å²) in [6.07, 6.45) is 0. The first-order valence-corrected chi connectivity index (χ1v) is 11.5. The van der Waals surface area contributed by atoms with Gasteiger partial charge in [0.2, 0.25) is 0 Å². The second kappa shape index (κ2) is 9.18. The molecule has 1 fully saturated rings. The fourth-order valence-corrected chi connectivity index (χ4v) is 4.78. The number of carbonyl (C=O) groups excluding carboxylic acids is 2. The Morgan fingerprint density at radius 2 is 1.94 bits per heavy atom. The summed E-state index contributed by atoms with van der Waals surface area (Å²) in [7, 11) is 0. The summed E-state index contributed by atoms with van der Waals surface area (Å²) in [4.78, 5) is 28.7. The molecule has 0 aliphatic carbocycles. The maximum Gasteiger partial charge on any atom is 0.295 e. The van der Waals surface area contributed by atoms with Gasteiger partial charge in [-0.25, -0.2) is 0 Å². The Morgan fingerprint density at radius 1 is 1.16 bits per heavy atom. The molecule has 1 aliphatic heterocycles. The molecule has 1 atom stereocenters. The SMILES string of the molecule is CCOc1cc(/C(O)=C2\C(=O)C(=O)N(Cc3cccs3)C2c2ccccc2C)ccc1Cl. The highest BCUT2D eigenvalue weighted by Crippen LogP contribution is 2.42. The van der Waals surface area contributed by atoms with E-state index in [2.05, 4.69) is 0 Å². The van der Waals surface area contributed by atoms with Crippen LogP contribution in [0.1, 0.15) is 34.5 Å². The van der Waals surface area contributed by atoms with Crippen LogP contribution in [0.4, 0.5) is 0 Å². The molecule has 3 aromatic rings. The lowest BCUT2D eigenvalue weighted by Crippen LogP contribution is -2.29. The van der Waals surface area contributed by atoms with Crippen molar-refractivity contribution in [3.05, 3.63) is 92.1 Å². The Balaban J connectivity index is 1.88. The summed E-state index contributed by atoms with van der Waals surface area (Å²) in [5.41, 5.74) is 2.15. The number of carbonyl (C=O) groups is 2. The Labute approximate surface area is 195 Å².